The zero-order valence-electron chi connectivity index (χ0n) is 75.6. The third-order valence-corrected chi connectivity index (χ3v) is 23.6. The van der Waals surface area contributed by atoms with Gasteiger partial charge in [0.2, 0.25) is 0 Å². The minimum absolute atomic E-state index is 0.0663. The van der Waals surface area contributed by atoms with E-state index in [2.05, 4.69) is 60.7 Å². The molecule has 0 fully saturated rings. The molecule has 0 heterocycles. The number of esters is 4. The van der Waals surface area contributed by atoms with Crippen LogP contribution in [0.2, 0.25) is 0 Å². The quantitative estimate of drug-likeness (QED) is 0.0225. The summed E-state index contributed by atoms with van der Waals surface area (Å²) in [4.78, 5) is 101. The van der Waals surface area contributed by atoms with Gasteiger partial charge in [0.15, 0.2) is 0 Å². The van der Waals surface area contributed by atoms with Gasteiger partial charge in [0.25, 0.3) is 0 Å². The van der Waals surface area contributed by atoms with Gasteiger partial charge < -0.3 is 41.9 Å². The fourth-order valence-corrected chi connectivity index (χ4v) is 16.5. The Morgan fingerprint density at radius 1 is 0.211 bits per heavy atom. The zero-order chi connectivity index (χ0) is 93.7. The number of hydrogen-bond acceptors (Lipinski definition) is 16. The maximum Gasteiger partial charge on any atom is 0.315 e. The third kappa shape index (κ3) is 27.5. The molecule has 16 aromatic rings. The van der Waals surface area contributed by atoms with Crippen LogP contribution in [-0.2, 0) is 89.7 Å². The van der Waals surface area contributed by atoms with Gasteiger partial charge in [-0.05, 0) is 204 Å². The summed E-state index contributed by atoms with van der Waals surface area (Å²) in [6.45, 7) is 10.9. The second kappa shape index (κ2) is 47.0. The van der Waals surface area contributed by atoms with Crippen molar-refractivity contribution < 1.29 is 57.3 Å². The van der Waals surface area contributed by atoms with Crippen molar-refractivity contribution in [2.45, 2.75) is 110 Å². The van der Waals surface area contributed by atoms with E-state index in [1.807, 2.05) is 271 Å². The van der Waals surface area contributed by atoms with Crippen LogP contribution in [0.3, 0.4) is 0 Å². The number of carbonyl (C=O) groups is 8. The summed E-state index contributed by atoms with van der Waals surface area (Å²) in [5, 5.41) is 9.06. The maximum absolute atomic E-state index is 13.0. The molecular formula is C117H110N4O12. The Kier molecular flexibility index (Phi) is 33.8. The van der Waals surface area contributed by atoms with E-state index in [-0.39, 0.29) is 98.9 Å². The van der Waals surface area contributed by atoms with Crippen molar-refractivity contribution in [3.63, 3.8) is 0 Å². The molecule has 670 valence electrons. The Bertz CT molecular complexity index is 6750. The molecule has 4 atom stereocenters. The molecule has 0 aliphatic rings. The molecule has 0 bridgehead atoms. The van der Waals surface area contributed by atoms with Gasteiger partial charge in [-0.2, -0.15) is 0 Å². The molecule has 0 aliphatic heterocycles. The van der Waals surface area contributed by atoms with Crippen LogP contribution in [0.15, 0.2) is 358 Å². The standard InChI is InChI=1S/2C30H29NO3.C29H27NO3.C28H25NO3/c1-20-7-9-25(21(2)15-20)18-30(33)34-27-13-11-24(12-14-27)28(19-31)29(32)17-22-8-10-23-5-3-4-6-26(23)16-22;1-20-13-21(2)15-23(14-20)18-30(33)34-27-11-9-25(10-12-27)28(19-31)29(32)17-22-7-8-24-5-3-4-6-26(24)16-22;1-20-6-2-3-8-24(20)18-29(32)33-26-14-12-23(13-15-26)27(19-30)28(31)17-21-10-11-22-7-4-5-9-25(22)16-21;29-19-26(27(30)17-21-10-11-22-8-4-5-9-24(22)16-21)23-12-14-25(15-13-23)32-28(31)18-20-6-2-1-3-7-20/h2*3-16,28H,17-19,31H2,1-2H3;2-16,27H,17-19,30H2,1H3;1-16,26H,17-19,29H2. The van der Waals surface area contributed by atoms with Gasteiger partial charge in [-0.15, -0.1) is 0 Å². The van der Waals surface area contributed by atoms with E-state index in [1.54, 1.807) is 60.7 Å². The highest BCUT2D eigenvalue weighted by Gasteiger charge is 2.26. The summed E-state index contributed by atoms with van der Waals surface area (Å²) >= 11 is 0. The molecule has 0 saturated heterocycles. The van der Waals surface area contributed by atoms with Crippen LogP contribution in [-0.4, -0.2) is 73.2 Å². The van der Waals surface area contributed by atoms with E-state index in [1.165, 1.54) is 0 Å². The van der Waals surface area contributed by atoms with Crippen LogP contribution >= 0.6 is 0 Å². The van der Waals surface area contributed by atoms with Crippen LogP contribution in [0.1, 0.15) is 118 Å². The first-order valence-corrected chi connectivity index (χ1v) is 44.8. The van der Waals surface area contributed by atoms with Gasteiger partial charge in [0, 0.05) is 51.9 Å². The molecule has 4 unspecified atom stereocenters. The average molecular weight is 1760 g/mol. The van der Waals surface area contributed by atoms with Crippen LogP contribution in [0, 0.1) is 34.6 Å². The minimum Gasteiger partial charge on any atom is -0.426 e. The first kappa shape index (κ1) is 95.5. The monoisotopic (exact) mass is 1760 g/mol. The number of fused-ring (bicyclic) bond motifs is 4. The van der Waals surface area contributed by atoms with Crippen molar-refractivity contribution in [1.82, 2.24) is 0 Å². The number of ether oxygens (including phenoxy) is 4. The Hall–Kier alpha value is -15.0. The molecule has 0 saturated carbocycles. The number of nitrogens with two attached hydrogens (primary N) is 4. The first-order chi connectivity index (χ1) is 64.5. The summed E-state index contributed by atoms with van der Waals surface area (Å²) in [7, 11) is 0. The first-order valence-electron chi connectivity index (χ1n) is 44.8. The zero-order valence-corrected chi connectivity index (χ0v) is 75.6. The Balaban J connectivity index is 0.000000151. The van der Waals surface area contributed by atoms with E-state index in [0.717, 1.165) is 138 Å². The van der Waals surface area contributed by atoms with Crippen LogP contribution in [0.5, 0.6) is 23.0 Å². The molecule has 0 radical (unpaired) electrons. The number of carbonyl (C=O) groups excluding carboxylic acids is 8. The van der Waals surface area contributed by atoms with Crippen LogP contribution in [0.25, 0.3) is 43.1 Å². The number of rotatable bonds is 32. The third-order valence-electron chi connectivity index (χ3n) is 23.6. The molecule has 0 aromatic heterocycles. The summed E-state index contributed by atoms with van der Waals surface area (Å²) in [6, 6.07) is 114. The molecular weight excluding hydrogens is 1650 g/mol. The van der Waals surface area contributed by atoms with Gasteiger partial charge in [-0.3, -0.25) is 38.4 Å². The van der Waals surface area contributed by atoms with Crippen molar-refractivity contribution in [2.75, 3.05) is 26.2 Å². The molecule has 16 nitrogen and oxygen atoms in total. The van der Waals surface area contributed by atoms with Crippen molar-refractivity contribution >= 4 is 90.1 Å². The van der Waals surface area contributed by atoms with Gasteiger partial charge in [0.05, 0.1) is 49.4 Å². The normalized spacial score (nSPS) is 11.8. The number of benzene rings is 16. The van der Waals surface area contributed by atoms with Gasteiger partial charge >= 0.3 is 23.9 Å². The lowest BCUT2D eigenvalue weighted by Gasteiger charge is -2.15. The maximum atomic E-state index is 13.0. The molecule has 0 spiro atoms. The van der Waals surface area contributed by atoms with Crippen LogP contribution in [0.4, 0.5) is 0 Å². The van der Waals surface area contributed by atoms with Gasteiger partial charge in [0.1, 0.15) is 46.1 Å². The lowest BCUT2D eigenvalue weighted by Crippen LogP contribution is -2.23. The van der Waals surface area contributed by atoms with E-state index in [9.17, 15) is 38.4 Å². The number of hydrogen-bond donors (Lipinski definition) is 4. The molecule has 0 amide bonds. The van der Waals surface area contributed by atoms with Gasteiger partial charge in [-0.25, -0.2) is 0 Å². The molecule has 8 N–H and O–H groups in total. The molecule has 16 aromatic carbocycles. The molecule has 16 heteroatoms. The Labute approximate surface area is 776 Å². The lowest BCUT2D eigenvalue weighted by atomic mass is 9.90. The predicted octanol–water partition coefficient (Wildman–Crippen LogP) is 20.9. The number of Topliss-reactive ketones (excluding diaryl/α,β-unsaturated/α-hetero) is 4. The summed E-state index contributed by atoms with van der Waals surface area (Å²) in [5.74, 6) is -0.839. The average Bonchev–Trinajstić information content (AvgIpc) is 0.830. The Morgan fingerprint density at radius 3 is 0.782 bits per heavy atom. The van der Waals surface area contributed by atoms with E-state index < -0.39 is 23.7 Å². The van der Waals surface area contributed by atoms with Crippen LogP contribution < -0.4 is 41.9 Å². The van der Waals surface area contributed by atoms with E-state index >= 15 is 0 Å². The smallest absolute Gasteiger partial charge is 0.315 e. The second-order valence-corrected chi connectivity index (χ2v) is 33.7. The number of ketones is 4. The van der Waals surface area contributed by atoms with Crippen molar-refractivity contribution in [2.24, 2.45) is 22.9 Å². The summed E-state index contributed by atoms with van der Waals surface area (Å²) in [5.41, 5.74) is 40.3. The van der Waals surface area contributed by atoms with Crippen molar-refractivity contribution in [1.29, 1.82) is 0 Å². The lowest BCUT2D eigenvalue weighted by molar-refractivity contribution is -0.134. The summed E-state index contributed by atoms with van der Waals surface area (Å²) < 4.78 is 21.9. The highest BCUT2D eigenvalue weighted by molar-refractivity contribution is 5.94. The molecule has 133 heavy (non-hydrogen) atoms. The SMILES string of the molecule is Cc1cc(C)cc(CC(=O)Oc2ccc(C(CN)C(=O)Cc3ccc4ccccc4c3)cc2)c1.Cc1ccc(CC(=O)Oc2ccc(C(CN)C(=O)Cc3ccc4ccccc4c3)cc2)c(C)c1.Cc1ccccc1CC(=O)Oc1ccc(C(CN)C(=O)Cc2ccc3ccccc3c2)cc1.NCC(C(=O)Cc1ccc2ccccc2c1)c1ccc(OC(=O)Cc2ccccc2)cc1. The highest BCUT2D eigenvalue weighted by Crippen LogP contribution is 2.31. The summed E-state index contributed by atoms with van der Waals surface area (Å²) in [6.07, 6.45) is 2.12. The minimum atomic E-state index is -0.411. The fraction of sp³-hybridized carbons (Fsp3) is 0.179. The molecule has 16 rings (SSSR count). The molecule has 0 aliphatic carbocycles. The highest BCUT2D eigenvalue weighted by atomic mass is 16.5. The Morgan fingerprint density at radius 2 is 0.481 bits per heavy atom. The largest absolute Gasteiger partial charge is 0.426 e. The van der Waals surface area contributed by atoms with E-state index in [4.69, 9.17) is 41.9 Å². The van der Waals surface area contributed by atoms with Gasteiger partial charge in [-0.1, -0.05) is 326 Å². The predicted molar refractivity (Wildman–Crippen MR) is 530 cm³/mol. The second-order valence-electron chi connectivity index (χ2n) is 33.7. The van der Waals surface area contributed by atoms with Crippen molar-refractivity contribution in [3.05, 3.63) is 452 Å². The topological polar surface area (TPSA) is 278 Å². The number of aryl methyl sites for hydroxylation is 5. The fourth-order valence-electron chi connectivity index (χ4n) is 16.5. The van der Waals surface area contributed by atoms with E-state index in [0.29, 0.717) is 48.7 Å². The van der Waals surface area contributed by atoms with Crippen molar-refractivity contribution in [3.8, 4) is 23.0 Å².